The average Bonchev–Trinajstić information content (AvgIpc) is 2.67. The minimum atomic E-state index is -0.390. The van der Waals surface area contributed by atoms with Crippen LogP contribution in [0.4, 0.5) is 11.4 Å². The maximum Gasteiger partial charge on any atom is 0.269 e. The Bertz CT molecular complexity index is 756. The first-order valence-electron chi connectivity index (χ1n) is 8.73. The largest absolute Gasteiger partial charge is 0.372 e. The summed E-state index contributed by atoms with van der Waals surface area (Å²) < 4.78 is 0. The van der Waals surface area contributed by atoms with Gasteiger partial charge in [-0.25, -0.2) is 0 Å². The molecule has 1 aromatic carbocycles. The van der Waals surface area contributed by atoms with Crippen LogP contribution in [0.5, 0.6) is 0 Å². The monoisotopic (exact) mass is 354 g/mol. The Kier molecular flexibility index (Phi) is 5.46. The van der Waals surface area contributed by atoms with E-state index in [0.717, 1.165) is 43.6 Å². The van der Waals surface area contributed by atoms with Crippen LogP contribution in [0.2, 0.25) is 0 Å². The minimum Gasteiger partial charge on any atom is -0.372 e. The van der Waals surface area contributed by atoms with E-state index in [1.807, 2.05) is 12.1 Å². The van der Waals surface area contributed by atoms with Crippen LogP contribution in [0.1, 0.15) is 30.7 Å². The Labute approximate surface area is 152 Å². The second kappa shape index (κ2) is 7.95. The average molecular weight is 354 g/mol. The van der Waals surface area contributed by atoms with Gasteiger partial charge in [0.15, 0.2) is 0 Å². The lowest BCUT2D eigenvalue weighted by Crippen LogP contribution is -2.35. The van der Waals surface area contributed by atoms with Gasteiger partial charge >= 0.3 is 0 Å². The third-order valence-corrected chi connectivity index (χ3v) is 5.04. The molecule has 7 nitrogen and oxygen atoms in total. The van der Waals surface area contributed by atoms with E-state index in [-0.39, 0.29) is 17.5 Å². The summed E-state index contributed by atoms with van der Waals surface area (Å²) in [7, 11) is 0. The van der Waals surface area contributed by atoms with Crippen LogP contribution in [0.25, 0.3) is 0 Å². The third-order valence-electron chi connectivity index (χ3n) is 5.04. The number of primary amides is 1. The van der Waals surface area contributed by atoms with Crippen molar-refractivity contribution in [1.82, 2.24) is 4.98 Å². The topological polar surface area (TPSA) is 102 Å². The molecular formula is C19H22N4O3. The summed E-state index contributed by atoms with van der Waals surface area (Å²) in [5, 5.41) is 10.8. The third kappa shape index (κ3) is 4.17. The SMILES string of the molecule is NC(=O)C(CC1CCN(c2ccc([N+](=O)[O-])cc2)CC1)c1cccnc1. The zero-order chi connectivity index (χ0) is 18.5. The van der Waals surface area contributed by atoms with Crippen LogP contribution >= 0.6 is 0 Å². The van der Waals surface area contributed by atoms with Gasteiger partial charge in [0.1, 0.15) is 0 Å². The molecule has 2 heterocycles. The van der Waals surface area contributed by atoms with E-state index in [4.69, 9.17) is 5.73 Å². The number of hydrogen-bond donors (Lipinski definition) is 1. The molecule has 1 aliphatic heterocycles. The lowest BCUT2D eigenvalue weighted by Gasteiger charge is -2.34. The van der Waals surface area contributed by atoms with Crippen molar-refractivity contribution in [2.75, 3.05) is 18.0 Å². The van der Waals surface area contributed by atoms with Crippen molar-refractivity contribution < 1.29 is 9.72 Å². The van der Waals surface area contributed by atoms with Gasteiger partial charge in [0, 0.05) is 43.3 Å². The molecule has 2 N–H and O–H groups in total. The second-order valence-electron chi connectivity index (χ2n) is 6.68. The molecule has 1 aliphatic rings. The number of benzene rings is 1. The molecule has 0 saturated carbocycles. The molecule has 136 valence electrons. The summed E-state index contributed by atoms with van der Waals surface area (Å²) in [6.07, 6.45) is 6.04. The molecule has 1 saturated heterocycles. The fourth-order valence-electron chi connectivity index (χ4n) is 3.54. The first kappa shape index (κ1) is 17.8. The molecule has 0 aliphatic carbocycles. The number of piperidine rings is 1. The molecule has 7 heteroatoms. The Morgan fingerprint density at radius 2 is 1.96 bits per heavy atom. The van der Waals surface area contributed by atoms with Crippen molar-refractivity contribution in [3.63, 3.8) is 0 Å². The van der Waals surface area contributed by atoms with E-state index in [9.17, 15) is 14.9 Å². The van der Waals surface area contributed by atoms with E-state index >= 15 is 0 Å². The zero-order valence-electron chi connectivity index (χ0n) is 14.5. The summed E-state index contributed by atoms with van der Waals surface area (Å²) in [6.45, 7) is 1.72. The van der Waals surface area contributed by atoms with Crippen LogP contribution < -0.4 is 10.6 Å². The van der Waals surface area contributed by atoms with Crippen molar-refractivity contribution in [1.29, 1.82) is 0 Å². The molecule has 1 atom stereocenters. The highest BCUT2D eigenvalue weighted by Crippen LogP contribution is 2.31. The van der Waals surface area contributed by atoms with Gasteiger partial charge in [0.25, 0.3) is 5.69 Å². The van der Waals surface area contributed by atoms with Gasteiger partial charge in [0.2, 0.25) is 5.91 Å². The lowest BCUT2D eigenvalue weighted by atomic mass is 9.84. The quantitative estimate of drug-likeness (QED) is 0.635. The van der Waals surface area contributed by atoms with Crippen LogP contribution in [-0.4, -0.2) is 28.9 Å². The van der Waals surface area contributed by atoms with Crippen LogP contribution in [0.3, 0.4) is 0 Å². The van der Waals surface area contributed by atoms with Crippen LogP contribution in [-0.2, 0) is 4.79 Å². The number of anilines is 1. The second-order valence-corrected chi connectivity index (χ2v) is 6.68. The number of nitrogens with two attached hydrogens (primary N) is 1. The van der Waals surface area contributed by atoms with E-state index in [0.29, 0.717) is 5.92 Å². The van der Waals surface area contributed by atoms with Gasteiger partial charge in [-0.1, -0.05) is 6.07 Å². The van der Waals surface area contributed by atoms with Crippen LogP contribution in [0, 0.1) is 16.0 Å². The highest BCUT2D eigenvalue weighted by Gasteiger charge is 2.26. The molecule has 3 rings (SSSR count). The van der Waals surface area contributed by atoms with Crippen molar-refractivity contribution in [3.05, 3.63) is 64.5 Å². The maximum atomic E-state index is 11.9. The standard InChI is InChI=1S/C19H22N4O3/c20-19(24)18(15-2-1-9-21-13-15)12-14-7-10-22(11-8-14)16-3-5-17(6-4-16)23(25)26/h1-6,9,13-14,18H,7-8,10-12H2,(H2,20,24). The highest BCUT2D eigenvalue weighted by atomic mass is 16.6. The van der Waals surface area contributed by atoms with E-state index in [2.05, 4.69) is 9.88 Å². The number of hydrogen-bond acceptors (Lipinski definition) is 5. The number of nitrogens with zero attached hydrogens (tertiary/aromatic N) is 3. The summed E-state index contributed by atoms with van der Waals surface area (Å²) >= 11 is 0. The van der Waals surface area contributed by atoms with Crippen LogP contribution in [0.15, 0.2) is 48.8 Å². The first-order chi connectivity index (χ1) is 12.5. The van der Waals surface area contributed by atoms with Crippen molar-refractivity contribution in [2.24, 2.45) is 11.7 Å². The molecule has 0 radical (unpaired) electrons. The molecule has 26 heavy (non-hydrogen) atoms. The fraction of sp³-hybridized carbons (Fsp3) is 0.368. The molecular weight excluding hydrogens is 332 g/mol. The molecule has 1 aromatic heterocycles. The first-order valence-corrected chi connectivity index (χ1v) is 8.73. The number of pyridine rings is 1. The number of aromatic nitrogens is 1. The molecule has 0 bridgehead atoms. The van der Waals surface area contributed by atoms with Gasteiger partial charge < -0.3 is 10.6 Å². The molecule has 1 fully saturated rings. The molecule has 1 unspecified atom stereocenters. The van der Waals surface area contributed by atoms with Gasteiger partial charge in [-0.2, -0.15) is 0 Å². The summed E-state index contributed by atoms with van der Waals surface area (Å²) in [5.74, 6) is -0.197. The number of nitro benzene ring substituents is 1. The lowest BCUT2D eigenvalue weighted by molar-refractivity contribution is -0.384. The normalized spacial score (nSPS) is 16.2. The van der Waals surface area contributed by atoms with Crippen molar-refractivity contribution in [3.8, 4) is 0 Å². The smallest absolute Gasteiger partial charge is 0.269 e. The number of carbonyl (C=O) groups excluding carboxylic acids is 1. The van der Waals surface area contributed by atoms with Gasteiger partial charge in [0.05, 0.1) is 10.8 Å². The van der Waals surface area contributed by atoms with Gasteiger partial charge in [-0.15, -0.1) is 0 Å². The van der Waals surface area contributed by atoms with Crippen molar-refractivity contribution in [2.45, 2.75) is 25.2 Å². The zero-order valence-corrected chi connectivity index (χ0v) is 14.5. The predicted octanol–water partition coefficient (Wildman–Crippen LogP) is 2.87. The summed E-state index contributed by atoms with van der Waals surface area (Å²) in [4.78, 5) is 28.6. The predicted molar refractivity (Wildman–Crippen MR) is 98.8 cm³/mol. The van der Waals surface area contributed by atoms with E-state index in [1.165, 1.54) is 12.1 Å². The summed E-state index contributed by atoms with van der Waals surface area (Å²) in [5.41, 5.74) is 7.58. The number of carbonyl (C=O) groups is 1. The summed E-state index contributed by atoms with van der Waals surface area (Å²) in [6, 6.07) is 10.4. The minimum absolute atomic E-state index is 0.101. The Morgan fingerprint density at radius 1 is 1.27 bits per heavy atom. The Morgan fingerprint density at radius 3 is 2.50 bits per heavy atom. The van der Waals surface area contributed by atoms with E-state index < -0.39 is 4.92 Å². The fourth-order valence-corrected chi connectivity index (χ4v) is 3.54. The van der Waals surface area contributed by atoms with Gasteiger partial charge in [-0.05, 0) is 48.9 Å². The highest BCUT2D eigenvalue weighted by molar-refractivity contribution is 5.81. The Balaban J connectivity index is 1.59. The van der Waals surface area contributed by atoms with Gasteiger partial charge in [-0.3, -0.25) is 19.9 Å². The number of non-ortho nitro benzene ring substituents is 1. The van der Waals surface area contributed by atoms with Crippen molar-refractivity contribution >= 4 is 17.3 Å². The number of amides is 1. The Hall–Kier alpha value is -2.96. The number of nitro groups is 1. The maximum absolute atomic E-state index is 11.9. The van der Waals surface area contributed by atoms with E-state index in [1.54, 1.807) is 24.5 Å². The molecule has 2 aromatic rings. The molecule has 0 spiro atoms. The number of rotatable bonds is 6. The molecule has 1 amide bonds.